The van der Waals surface area contributed by atoms with Gasteiger partial charge in [0.05, 0.1) is 5.58 Å². The first-order chi connectivity index (χ1) is 22.5. The van der Waals surface area contributed by atoms with Crippen LogP contribution in [0.5, 0.6) is 0 Å². The molecule has 0 amide bonds. The second-order valence-corrected chi connectivity index (χ2v) is 11.2. The van der Waals surface area contributed by atoms with E-state index in [0.717, 1.165) is 33.1 Å². The fraction of sp³-hybridized carbons (Fsp3) is 0.150. The van der Waals surface area contributed by atoms with Crippen molar-refractivity contribution in [3.8, 4) is 22.5 Å². The number of hydrogen-bond acceptors (Lipinski definition) is 3. The molecule has 1 radical (unpaired) electrons. The number of benzene rings is 4. The molecule has 0 fully saturated rings. The molecule has 0 atom stereocenters. The topological polar surface area (TPSA) is 38.9 Å². The van der Waals surface area contributed by atoms with E-state index in [0.29, 0.717) is 28.1 Å². The van der Waals surface area contributed by atoms with Gasteiger partial charge in [-0.15, -0.1) is 59.7 Å². The molecular formula is C40H34IrN2O-2. The number of nitrogens with zero attached hydrogens (tertiary/aromatic N) is 2. The third-order valence-corrected chi connectivity index (χ3v) is 6.69. The second kappa shape index (κ2) is 13.9. The Hall–Kier alpha value is -4.37. The number of furan rings is 1. The minimum absolute atomic E-state index is 0. The van der Waals surface area contributed by atoms with Gasteiger partial charge >= 0.3 is 0 Å². The molecule has 0 N–H and O–H groups in total. The first kappa shape index (κ1) is 26.1. The van der Waals surface area contributed by atoms with E-state index in [-0.39, 0.29) is 20.1 Å². The van der Waals surface area contributed by atoms with E-state index in [4.69, 9.17) is 9.90 Å². The molecule has 0 aliphatic rings. The van der Waals surface area contributed by atoms with Crippen LogP contribution in [0, 0.1) is 17.5 Å². The van der Waals surface area contributed by atoms with E-state index in [1.54, 1.807) is 42.7 Å². The predicted molar refractivity (Wildman–Crippen MR) is 177 cm³/mol. The summed E-state index contributed by atoms with van der Waals surface area (Å²) in [6, 6.07) is 41.9. The molecule has 0 aliphatic carbocycles. The molecule has 0 spiro atoms. The Morgan fingerprint density at radius 1 is 0.705 bits per heavy atom. The van der Waals surface area contributed by atoms with Gasteiger partial charge in [-0.2, -0.15) is 0 Å². The zero-order chi connectivity index (χ0) is 33.2. The molecule has 0 saturated heterocycles. The Labute approximate surface area is 279 Å². The van der Waals surface area contributed by atoms with Gasteiger partial charge in [0.25, 0.3) is 0 Å². The summed E-state index contributed by atoms with van der Waals surface area (Å²) >= 11 is 0. The van der Waals surface area contributed by atoms with E-state index >= 15 is 0 Å². The fourth-order valence-electron chi connectivity index (χ4n) is 4.84. The Kier molecular flexibility index (Phi) is 8.26. The maximum absolute atomic E-state index is 8.51. The molecule has 221 valence electrons. The Bertz CT molecular complexity index is 2140. The van der Waals surface area contributed by atoms with Crippen molar-refractivity contribution in [1.29, 1.82) is 0 Å². The Morgan fingerprint density at radius 2 is 1.50 bits per heavy atom. The van der Waals surface area contributed by atoms with Crippen LogP contribution in [0.3, 0.4) is 0 Å². The van der Waals surface area contributed by atoms with Crippen molar-refractivity contribution >= 4 is 21.9 Å². The quantitative estimate of drug-likeness (QED) is 0.164. The maximum atomic E-state index is 8.51. The first-order valence-corrected chi connectivity index (χ1v) is 14.2. The molecule has 3 nitrogen and oxygen atoms in total. The second-order valence-electron chi connectivity index (χ2n) is 11.2. The van der Waals surface area contributed by atoms with Crippen LogP contribution in [0.1, 0.15) is 42.9 Å². The fourth-order valence-corrected chi connectivity index (χ4v) is 4.84. The van der Waals surface area contributed by atoms with E-state index in [1.165, 1.54) is 0 Å². The molecule has 3 aromatic heterocycles. The van der Waals surface area contributed by atoms with Crippen molar-refractivity contribution in [1.82, 2.24) is 9.97 Å². The first-order valence-electron chi connectivity index (χ1n) is 16.2. The van der Waals surface area contributed by atoms with Crippen LogP contribution in [-0.2, 0) is 32.9 Å². The molecule has 7 rings (SSSR count). The van der Waals surface area contributed by atoms with Gasteiger partial charge in [0, 0.05) is 43.4 Å². The number of para-hydroxylation sites is 1. The van der Waals surface area contributed by atoms with Gasteiger partial charge in [0.15, 0.2) is 0 Å². The number of aromatic nitrogens is 2. The van der Waals surface area contributed by atoms with Gasteiger partial charge in [-0.3, -0.25) is 0 Å². The number of fused-ring (bicyclic) bond motifs is 3. The van der Waals surface area contributed by atoms with Crippen molar-refractivity contribution in [2.24, 2.45) is 5.41 Å². The molecule has 7 aromatic rings. The summed E-state index contributed by atoms with van der Waals surface area (Å²) in [5.41, 5.74) is 5.89. The van der Waals surface area contributed by atoms with E-state index in [1.807, 2.05) is 106 Å². The normalized spacial score (nSPS) is 13.1. The number of hydrogen-bond donors (Lipinski definition) is 0. The van der Waals surface area contributed by atoms with Gasteiger partial charge in [0.2, 0.25) is 0 Å². The molecule has 0 bridgehead atoms. The maximum Gasteiger partial charge on any atom is 0.120 e. The largest absolute Gasteiger partial charge is 0.500 e. The Balaban J connectivity index is 0.000000188. The van der Waals surface area contributed by atoms with Gasteiger partial charge in [-0.05, 0) is 53.3 Å². The average Bonchev–Trinajstić information content (AvgIpc) is 3.47. The number of rotatable bonds is 5. The molecular weight excluding hydrogens is 717 g/mol. The Morgan fingerprint density at radius 3 is 2.30 bits per heavy atom. The minimum atomic E-state index is -1.60. The molecule has 0 saturated carbocycles. The molecule has 0 aliphatic heterocycles. The summed E-state index contributed by atoms with van der Waals surface area (Å²) in [6.07, 6.45) is 0.284. The van der Waals surface area contributed by atoms with Crippen LogP contribution in [0.15, 0.2) is 132 Å². The molecule has 3 heterocycles. The van der Waals surface area contributed by atoms with Crippen molar-refractivity contribution in [2.45, 2.75) is 33.5 Å². The van der Waals surface area contributed by atoms with Crippen LogP contribution in [-0.4, -0.2) is 9.97 Å². The third kappa shape index (κ3) is 7.58. The van der Waals surface area contributed by atoms with Crippen LogP contribution in [0.2, 0.25) is 0 Å². The van der Waals surface area contributed by atoms with Gasteiger partial charge in [0.1, 0.15) is 5.58 Å². The van der Waals surface area contributed by atoms with E-state index in [9.17, 15) is 0 Å². The average molecular weight is 755 g/mol. The van der Waals surface area contributed by atoms with Crippen molar-refractivity contribution in [3.63, 3.8) is 0 Å². The van der Waals surface area contributed by atoms with Crippen molar-refractivity contribution in [2.75, 3.05) is 0 Å². The zero-order valence-corrected chi connectivity index (χ0v) is 27.2. The van der Waals surface area contributed by atoms with Crippen LogP contribution >= 0.6 is 0 Å². The molecule has 44 heavy (non-hydrogen) atoms. The zero-order valence-electron chi connectivity index (χ0n) is 28.8. The summed E-state index contributed by atoms with van der Waals surface area (Å²) in [5, 5.41) is 2.07. The summed E-state index contributed by atoms with van der Waals surface area (Å²) in [4.78, 5) is 8.82. The molecule has 4 heteroatoms. The summed E-state index contributed by atoms with van der Waals surface area (Å²) in [5.74, 6) is 0. The summed E-state index contributed by atoms with van der Waals surface area (Å²) in [7, 11) is 0. The molecule has 0 unspecified atom stereocenters. The van der Waals surface area contributed by atoms with Gasteiger partial charge < -0.3 is 14.4 Å². The SMILES string of the molecule is [2H]C([2H])(c1ccccc1)c1cccnc1-c1[c-]cccc1.[2H]C([2H])(c1ccnc(-c2[c-]cc3oc4ccccc4c3c2)c1)C(C)(C)C.[Ir]. The smallest absolute Gasteiger partial charge is 0.120 e. The van der Waals surface area contributed by atoms with Crippen molar-refractivity contribution < 1.29 is 30.0 Å². The van der Waals surface area contributed by atoms with Crippen LogP contribution in [0.4, 0.5) is 0 Å². The van der Waals surface area contributed by atoms with Gasteiger partial charge in [-0.1, -0.05) is 97.9 Å². The van der Waals surface area contributed by atoms with Crippen LogP contribution < -0.4 is 0 Å². The van der Waals surface area contributed by atoms with Gasteiger partial charge in [-0.25, -0.2) is 0 Å². The van der Waals surface area contributed by atoms with E-state index < -0.39 is 18.2 Å². The third-order valence-electron chi connectivity index (χ3n) is 6.69. The number of pyridine rings is 2. The summed E-state index contributed by atoms with van der Waals surface area (Å²) in [6.45, 7) is 5.72. The monoisotopic (exact) mass is 755 g/mol. The summed E-state index contributed by atoms with van der Waals surface area (Å²) < 4.78 is 39.9. The van der Waals surface area contributed by atoms with Crippen LogP contribution in [0.25, 0.3) is 44.5 Å². The molecule has 4 aromatic carbocycles. The van der Waals surface area contributed by atoms with E-state index in [2.05, 4.69) is 22.1 Å². The van der Waals surface area contributed by atoms with Crippen molar-refractivity contribution in [3.05, 3.63) is 156 Å². The predicted octanol–water partition coefficient (Wildman–Crippen LogP) is 10.2. The minimum Gasteiger partial charge on any atom is -0.500 e. The standard InChI is InChI=1S/C22H20NO.C18H14N.Ir/c1-22(2,3)14-15-10-11-23-19(12-15)16-8-9-21-18(13-16)17-6-4-5-7-20(17)24-21;1-3-8-15(9-4-1)14-17-12-7-13-19-18(17)16-10-5-2-6-11-16;/h4-7,9-13H,14H2,1-3H3;1-10,12-13H,14H2;/q2*-1;/i2*14D2;.